The van der Waals surface area contributed by atoms with Crippen molar-refractivity contribution in [3.8, 4) is 6.07 Å². The van der Waals surface area contributed by atoms with Crippen LogP contribution in [0.4, 0.5) is 5.82 Å². The molecule has 0 bridgehead atoms. The van der Waals surface area contributed by atoms with E-state index in [-0.39, 0.29) is 0 Å². The fourth-order valence-electron chi connectivity index (χ4n) is 2.59. The van der Waals surface area contributed by atoms with E-state index >= 15 is 0 Å². The average molecular weight is 258 g/mol. The first-order valence-electron chi connectivity index (χ1n) is 6.93. The lowest BCUT2D eigenvalue weighted by Gasteiger charge is -2.24. The molecule has 0 spiro atoms. The molecule has 0 unspecified atom stereocenters. The highest BCUT2D eigenvalue weighted by molar-refractivity contribution is 5.57. The topological polar surface area (TPSA) is 52.8 Å². The zero-order valence-corrected chi connectivity index (χ0v) is 12.3. The van der Waals surface area contributed by atoms with Gasteiger partial charge in [0.2, 0.25) is 0 Å². The van der Waals surface area contributed by atoms with Gasteiger partial charge in [0.05, 0.1) is 5.69 Å². The Hall–Kier alpha value is -1.63. The lowest BCUT2D eigenvalue weighted by atomic mass is 9.85. The standard InChI is InChI=1S/C15H22N4/c1-11-12(2)17-18-14(13(11)10-16)19-8-5-6-15(3,4)7-9-19/h5-9H2,1-4H3. The number of hydrogen-bond donors (Lipinski definition) is 0. The minimum Gasteiger partial charge on any atom is -0.354 e. The summed E-state index contributed by atoms with van der Waals surface area (Å²) in [6, 6.07) is 2.30. The molecule has 0 saturated carbocycles. The van der Waals surface area contributed by atoms with Crippen LogP contribution >= 0.6 is 0 Å². The van der Waals surface area contributed by atoms with E-state index in [1.807, 2.05) is 13.8 Å². The SMILES string of the molecule is Cc1nnc(N2CCCC(C)(C)CC2)c(C#N)c1C. The van der Waals surface area contributed by atoms with Crippen LogP contribution in [0.5, 0.6) is 0 Å². The number of anilines is 1. The van der Waals surface area contributed by atoms with Crippen LogP contribution in [0.3, 0.4) is 0 Å². The summed E-state index contributed by atoms with van der Waals surface area (Å²) in [5.41, 5.74) is 2.87. The second-order valence-electron chi connectivity index (χ2n) is 6.23. The van der Waals surface area contributed by atoms with Gasteiger partial charge in [0, 0.05) is 13.1 Å². The van der Waals surface area contributed by atoms with Gasteiger partial charge in [0.15, 0.2) is 5.82 Å². The Kier molecular flexibility index (Phi) is 3.75. The summed E-state index contributed by atoms with van der Waals surface area (Å²) >= 11 is 0. The van der Waals surface area contributed by atoms with E-state index in [0.717, 1.165) is 43.0 Å². The Bertz CT molecular complexity index is 514. The molecule has 1 fully saturated rings. The molecule has 0 N–H and O–H groups in total. The maximum atomic E-state index is 9.38. The molecule has 4 heteroatoms. The molecule has 1 aliphatic heterocycles. The maximum Gasteiger partial charge on any atom is 0.169 e. The molecule has 1 aliphatic rings. The van der Waals surface area contributed by atoms with Crippen LogP contribution in [0, 0.1) is 30.6 Å². The van der Waals surface area contributed by atoms with E-state index in [1.165, 1.54) is 6.42 Å². The van der Waals surface area contributed by atoms with Crippen LogP contribution < -0.4 is 4.90 Å². The highest BCUT2D eigenvalue weighted by Gasteiger charge is 2.25. The molecule has 2 heterocycles. The number of aryl methyl sites for hydroxylation is 1. The first-order chi connectivity index (χ1) is 8.94. The molecule has 1 aromatic heterocycles. The molecule has 2 rings (SSSR count). The molecule has 102 valence electrons. The smallest absolute Gasteiger partial charge is 0.169 e. The molecular weight excluding hydrogens is 236 g/mol. The van der Waals surface area contributed by atoms with Crippen LogP contribution in [0.25, 0.3) is 0 Å². The molecule has 0 atom stereocenters. The minimum atomic E-state index is 0.384. The summed E-state index contributed by atoms with van der Waals surface area (Å²) in [7, 11) is 0. The van der Waals surface area contributed by atoms with E-state index in [9.17, 15) is 5.26 Å². The van der Waals surface area contributed by atoms with Gasteiger partial charge in [-0.3, -0.25) is 0 Å². The lowest BCUT2D eigenvalue weighted by Crippen LogP contribution is -2.27. The van der Waals surface area contributed by atoms with E-state index in [0.29, 0.717) is 11.0 Å². The van der Waals surface area contributed by atoms with Crippen molar-refractivity contribution in [1.29, 1.82) is 5.26 Å². The summed E-state index contributed by atoms with van der Waals surface area (Å²) in [6.07, 6.45) is 3.50. The first kappa shape index (κ1) is 13.8. The number of hydrogen-bond acceptors (Lipinski definition) is 4. The molecule has 19 heavy (non-hydrogen) atoms. The van der Waals surface area contributed by atoms with Gasteiger partial charge >= 0.3 is 0 Å². The Morgan fingerprint density at radius 3 is 2.58 bits per heavy atom. The van der Waals surface area contributed by atoms with E-state index in [1.54, 1.807) is 0 Å². The van der Waals surface area contributed by atoms with Crippen molar-refractivity contribution in [1.82, 2.24) is 10.2 Å². The van der Waals surface area contributed by atoms with Crippen molar-refractivity contribution in [2.24, 2.45) is 5.41 Å². The highest BCUT2D eigenvalue weighted by atomic mass is 15.3. The van der Waals surface area contributed by atoms with Crippen molar-refractivity contribution in [2.45, 2.75) is 47.0 Å². The van der Waals surface area contributed by atoms with Crippen LogP contribution in [0.15, 0.2) is 0 Å². The van der Waals surface area contributed by atoms with Crippen molar-refractivity contribution >= 4 is 5.82 Å². The third kappa shape index (κ3) is 2.86. The molecule has 0 aromatic carbocycles. The Balaban J connectivity index is 2.32. The number of rotatable bonds is 1. The molecule has 1 aromatic rings. The normalized spacial score (nSPS) is 18.8. The monoisotopic (exact) mass is 258 g/mol. The average Bonchev–Trinajstić information content (AvgIpc) is 2.53. The van der Waals surface area contributed by atoms with Crippen molar-refractivity contribution < 1.29 is 0 Å². The summed E-state index contributed by atoms with van der Waals surface area (Å²) in [5.74, 6) is 0.767. The van der Waals surface area contributed by atoms with Crippen LogP contribution in [-0.2, 0) is 0 Å². The molecule has 4 nitrogen and oxygen atoms in total. The number of nitriles is 1. The van der Waals surface area contributed by atoms with Crippen molar-refractivity contribution in [3.63, 3.8) is 0 Å². The van der Waals surface area contributed by atoms with Gasteiger partial charge in [0.1, 0.15) is 11.6 Å². The van der Waals surface area contributed by atoms with E-state index in [4.69, 9.17) is 0 Å². The van der Waals surface area contributed by atoms with Gasteiger partial charge < -0.3 is 4.90 Å². The third-order valence-corrected chi connectivity index (χ3v) is 4.19. The van der Waals surface area contributed by atoms with Gasteiger partial charge in [0.25, 0.3) is 0 Å². The highest BCUT2D eigenvalue weighted by Crippen LogP contribution is 2.32. The van der Waals surface area contributed by atoms with Crippen LogP contribution in [-0.4, -0.2) is 23.3 Å². The van der Waals surface area contributed by atoms with Gasteiger partial charge in [-0.05, 0) is 44.1 Å². The molecule has 0 amide bonds. The quantitative estimate of drug-likeness (QED) is 0.777. The number of aromatic nitrogens is 2. The van der Waals surface area contributed by atoms with Gasteiger partial charge in [-0.2, -0.15) is 10.4 Å². The zero-order chi connectivity index (χ0) is 14.0. The zero-order valence-electron chi connectivity index (χ0n) is 12.3. The largest absolute Gasteiger partial charge is 0.354 e. The first-order valence-corrected chi connectivity index (χ1v) is 6.93. The van der Waals surface area contributed by atoms with E-state index < -0.39 is 0 Å². The Labute approximate surface area is 115 Å². The van der Waals surface area contributed by atoms with E-state index in [2.05, 4.69) is 35.0 Å². The Morgan fingerprint density at radius 1 is 1.16 bits per heavy atom. The summed E-state index contributed by atoms with van der Waals surface area (Å²) in [6.45, 7) is 10.4. The summed E-state index contributed by atoms with van der Waals surface area (Å²) in [5, 5.41) is 17.8. The van der Waals surface area contributed by atoms with Crippen LogP contribution in [0.2, 0.25) is 0 Å². The molecule has 0 radical (unpaired) electrons. The number of nitrogens with zero attached hydrogens (tertiary/aromatic N) is 4. The summed E-state index contributed by atoms with van der Waals surface area (Å²) < 4.78 is 0. The third-order valence-electron chi connectivity index (χ3n) is 4.19. The molecule has 1 saturated heterocycles. The Morgan fingerprint density at radius 2 is 1.89 bits per heavy atom. The van der Waals surface area contributed by atoms with Crippen molar-refractivity contribution in [2.75, 3.05) is 18.0 Å². The molecular formula is C15H22N4. The summed E-state index contributed by atoms with van der Waals surface area (Å²) in [4.78, 5) is 2.23. The fourth-order valence-corrected chi connectivity index (χ4v) is 2.59. The van der Waals surface area contributed by atoms with Gasteiger partial charge in [-0.25, -0.2) is 0 Å². The maximum absolute atomic E-state index is 9.38. The van der Waals surface area contributed by atoms with Gasteiger partial charge in [-0.15, -0.1) is 5.10 Å². The predicted octanol–water partition coefficient (Wildman–Crippen LogP) is 2.98. The second kappa shape index (κ2) is 5.16. The lowest BCUT2D eigenvalue weighted by molar-refractivity contribution is 0.325. The predicted molar refractivity (Wildman–Crippen MR) is 76.1 cm³/mol. The molecule has 0 aliphatic carbocycles. The minimum absolute atomic E-state index is 0.384. The second-order valence-corrected chi connectivity index (χ2v) is 6.23. The fraction of sp³-hybridized carbons (Fsp3) is 0.667. The van der Waals surface area contributed by atoms with Gasteiger partial charge in [-0.1, -0.05) is 13.8 Å². The van der Waals surface area contributed by atoms with Crippen LogP contribution in [0.1, 0.15) is 49.9 Å². The van der Waals surface area contributed by atoms with Crippen molar-refractivity contribution in [3.05, 3.63) is 16.8 Å².